The van der Waals surface area contributed by atoms with Crippen molar-refractivity contribution in [2.45, 2.75) is 12.6 Å². The summed E-state index contributed by atoms with van der Waals surface area (Å²) >= 11 is 0. The van der Waals surface area contributed by atoms with E-state index in [1.165, 1.54) is 0 Å². The van der Waals surface area contributed by atoms with E-state index in [0.29, 0.717) is 11.6 Å². The second kappa shape index (κ2) is 10.4. The summed E-state index contributed by atoms with van der Waals surface area (Å²) < 4.78 is 11.2. The maximum Gasteiger partial charge on any atom is 0.246 e. The zero-order chi connectivity index (χ0) is 22.2. The minimum atomic E-state index is -0.324. The van der Waals surface area contributed by atoms with Crippen LogP contribution in [0.4, 0.5) is 0 Å². The summed E-state index contributed by atoms with van der Waals surface area (Å²) in [5.41, 5.74) is 2.84. The van der Waals surface area contributed by atoms with Crippen molar-refractivity contribution >= 4 is 5.91 Å². The lowest BCUT2D eigenvalue weighted by molar-refractivity contribution is -0.127. The lowest BCUT2D eigenvalue weighted by Crippen LogP contribution is -2.28. The van der Waals surface area contributed by atoms with E-state index < -0.39 is 0 Å². The van der Waals surface area contributed by atoms with Gasteiger partial charge < -0.3 is 14.8 Å². The van der Waals surface area contributed by atoms with Crippen molar-refractivity contribution in [2.75, 3.05) is 13.7 Å². The summed E-state index contributed by atoms with van der Waals surface area (Å²) in [5, 5.41) is 9.89. The van der Waals surface area contributed by atoms with Crippen LogP contribution in [0.5, 0.6) is 5.75 Å². The first-order chi connectivity index (χ1) is 15.7. The van der Waals surface area contributed by atoms with Crippen LogP contribution in [0.1, 0.15) is 23.1 Å². The molecule has 0 saturated heterocycles. The summed E-state index contributed by atoms with van der Waals surface area (Å²) in [5.74, 6) is 1.65. The van der Waals surface area contributed by atoms with Gasteiger partial charge in [-0.3, -0.25) is 9.89 Å². The van der Waals surface area contributed by atoms with E-state index in [1.807, 2.05) is 84.9 Å². The number of nitrogens with one attached hydrogen (secondary N) is 2. The summed E-state index contributed by atoms with van der Waals surface area (Å²) in [6.07, 6.45) is -0.324. The molecular weight excluding hydrogens is 404 g/mol. The van der Waals surface area contributed by atoms with Gasteiger partial charge in [-0.1, -0.05) is 60.7 Å². The van der Waals surface area contributed by atoms with Crippen molar-refractivity contribution in [1.82, 2.24) is 20.5 Å². The molecule has 162 valence electrons. The molecule has 1 heterocycles. The lowest BCUT2D eigenvalue weighted by Gasteiger charge is -2.18. The first kappa shape index (κ1) is 21.3. The SMILES string of the molecule is COc1ccc(-c2n[nH]c(CNC(=O)COC(c3ccccc3)c3ccccc3)n2)cc1. The van der Waals surface area contributed by atoms with Crippen molar-refractivity contribution in [2.24, 2.45) is 0 Å². The van der Waals surface area contributed by atoms with Crippen molar-refractivity contribution in [3.63, 3.8) is 0 Å². The molecule has 0 radical (unpaired) electrons. The van der Waals surface area contributed by atoms with Crippen molar-refractivity contribution in [3.8, 4) is 17.1 Å². The first-order valence-electron chi connectivity index (χ1n) is 10.3. The topological polar surface area (TPSA) is 89.1 Å². The number of nitrogens with zero attached hydrogens (tertiary/aromatic N) is 2. The van der Waals surface area contributed by atoms with Gasteiger partial charge in [0.25, 0.3) is 0 Å². The summed E-state index contributed by atoms with van der Waals surface area (Å²) in [6, 6.07) is 27.2. The Labute approximate surface area is 186 Å². The molecule has 0 aliphatic rings. The van der Waals surface area contributed by atoms with Crippen LogP contribution >= 0.6 is 0 Å². The van der Waals surface area contributed by atoms with Crippen LogP contribution < -0.4 is 10.1 Å². The van der Waals surface area contributed by atoms with Gasteiger partial charge in [0.05, 0.1) is 13.7 Å². The molecule has 0 unspecified atom stereocenters. The third kappa shape index (κ3) is 5.39. The number of benzene rings is 3. The number of methoxy groups -OCH3 is 1. The van der Waals surface area contributed by atoms with Crippen LogP contribution in [-0.2, 0) is 16.1 Å². The molecule has 3 aromatic carbocycles. The number of rotatable bonds is 9. The molecule has 7 nitrogen and oxygen atoms in total. The predicted molar refractivity (Wildman–Crippen MR) is 121 cm³/mol. The van der Waals surface area contributed by atoms with Gasteiger partial charge in [0, 0.05) is 5.56 Å². The normalized spacial score (nSPS) is 10.8. The van der Waals surface area contributed by atoms with Crippen LogP contribution in [0.2, 0.25) is 0 Å². The first-order valence-corrected chi connectivity index (χ1v) is 10.3. The summed E-state index contributed by atoms with van der Waals surface area (Å²) in [7, 11) is 1.62. The van der Waals surface area contributed by atoms with Gasteiger partial charge in [0.15, 0.2) is 5.82 Å². The zero-order valence-electron chi connectivity index (χ0n) is 17.7. The Bertz CT molecular complexity index is 1090. The fraction of sp³-hybridized carbons (Fsp3) is 0.160. The average molecular weight is 428 g/mol. The maximum atomic E-state index is 12.4. The monoisotopic (exact) mass is 428 g/mol. The molecule has 4 rings (SSSR count). The number of amides is 1. The molecule has 0 aliphatic carbocycles. The number of aromatic nitrogens is 3. The quantitative estimate of drug-likeness (QED) is 0.422. The molecule has 0 spiro atoms. The standard InChI is InChI=1S/C25H24N4O3/c1-31-21-14-12-20(13-15-21)25-27-22(28-29-25)16-26-23(30)17-32-24(18-8-4-2-5-9-18)19-10-6-3-7-11-19/h2-15,24H,16-17H2,1H3,(H,26,30)(H,27,28,29). The second-order valence-corrected chi connectivity index (χ2v) is 7.12. The number of ether oxygens (including phenoxy) is 2. The number of carbonyl (C=O) groups excluding carboxylic acids is 1. The molecule has 0 aliphatic heterocycles. The van der Waals surface area contributed by atoms with Gasteiger partial charge in [0.1, 0.15) is 24.3 Å². The predicted octanol–water partition coefficient (Wildman–Crippen LogP) is 3.90. The minimum Gasteiger partial charge on any atom is -0.497 e. The third-order valence-corrected chi connectivity index (χ3v) is 4.92. The molecule has 0 atom stereocenters. The van der Waals surface area contributed by atoms with Gasteiger partial charge >= 0.3 is 0 Å². The van der Waals surface area contributed by atoms with Crippen LogP contribution in [0, 0.1) is 0 Å². The highest BCUT2D eigenvalue weighted by Crippen LogP contribution is 2.25. The van der Waals surface area contributed by atoms with E-state index in [1.54, 1.807) is 7.11 Å². The molecule has 0 saturated carbocycles. The van der Waals surface area contributed by atoms with Gasteiger partial charge in [-0.15, -0.1) is 0 Å². The van der Waals surface area contributed by atoms with Gasteiger partial charge in [-0.25, -0.2) is 4.98 Å². The Morgan fingerprint density at radius 3 is 2.16 bits per heavy atom. The summed E-state index contributed by atoms with van der Waals surface area (Å²) in [4.78, 5) is 16.9. The van der Waals surface area contributed by atoms with Crippen LogP contribution in [-0.4, -0.2) is 34.8 Å². The Morgan fingerprint density at radius 2 is 1.56 bits per heavy atom. The fourth-order valence-electron chi connectivity index (χ4n) is 3.28. The van der Waals surface area contributed by atoms with Crippen molar-refractivity contribution in [1.29, 1.82) is 0 Å². The molecule has 0 fully saturated rings. The van der Waals surface area contributed by atoms with Crippen LogP contribution in [0.3, 0.4) is 0 Å². The molecule has 1 amide bonds. The van der Waals surface area contributed by atoms with Gasteiger partial charge in [-0.05, 0) is 35.4 Å². The molecule has 2 N–H and O–H groups in total. The number of hydrogen-bond acceptors (Lipinski definition) is 5. The zero-order valence-corrected chi connectivity index (χ0v) is 17.7. The highest BCUT2D eigenvalue weighted by Gasteiger charge is 2.16. The van der Waals surface area contributed by atoms with Crippen LogP contribution in [0.25, 0.3) is 11.4 Å². The van der Waals surface area contributed by atoms with E-state index in [0.717, 1.165) is 22.4 Å². The highest BCUT2D eigenvalue weighted by atomic mass is 16.5. The third-order valence-electron chi connectivity index (χ3n) is 4.92. The molecule has 32 heavy (non-hydrogen) atoms. The Morgan fingerprint density at radius 1 is 0.938 bits per heavy atom. The van der Waals surface area contributed by atoms with Gasteiger partial charge in [-0.2, -0.15) is 5.10 Å². The Kier molecular flexibility index (Phi) is 6.89. The fourth-order valence-corrected chi connectivity index (χ4v) is 3.28. The number of hydrogen-bond donors (Lipinski definition) is 2. The smallest absolute Gasteiger partial charge is 0.246 e. The molecule has 1 aromatic heterocycles. The lowest BCUT2D eigenvalue weighted by atomic mass is 10.0. The van der Waals surface area contributed by atoms with Gasteiger partial charge in [0.2, 0.25) is 5.91 Å². The van der Waals surface area contributed by atoms with E-state index in [-0.39, 0.29) is 25.2 Å². The Balaban J connectivity index is 1.34. The highest BCUT2D eigenvalue weighted by molar-refractivity contribution is 5.77. The Hall–Kier alpha value is -3.97. The summed E-state index contributed by atoms with van der Waals surface area (Å²) in [6.45, 7) is 0.153. The van der Waals surface area contributed by atoms with E-state index in [9.17, 15) is 4.79 Å². The number of H-pyrrole nitrogens is 1. The van der Waals surface area contributed by atoms with Crippen molar-refractivity contribution in [3.05, 3.63) is 102 Å². The minimum absolute atomic E-state index is 0.0755. The molecule has 7 heteroatoms. The second-order valence-electron chi connectivity index (χ2n) is 7.12. The van der Waals surface area contributed by atoms with E-state index in [2.05, 4.69) is 20.5 Å². The number of aromatic amines is 1. The molecule has 4 aromatic rings. The van der Waals surface area contributed by atoms with E-state index in [4.69, 9.17) is 9.47 Å². The molecular formula is C25H24N4O3. The van der Waals surface area contributed by atoms with Crippen molar-refractivity contribution < 1.29 is 14.3 Å². The largest absolute Gasteiger partial charge is 0.497 e. The number of carbonyl (C=O) groups is 1. The van der Waals surface area contributed by atoms with Crippen LogP contribution in [0.15, 0.2) is 84.9 Å². The maximum absolute atomic E-state index is 12.4. The average Bonchev–Trinajstić information content (AvgIpc) is 3.33. The van der Waals surface area contributed by atoms with E-state index >= 15 is 0 Å². The molecule has 0 bridgehead atoms.